The first-order chi connectivity index (χ1) is 11.8. The first-order valence-corrected chi connectivity index (χ1v) is 9.14. The van der Waals surface area contributed by atoms with Crippen molar-refractivity contribution in [1.82, 2.24) is 0 Å². The predicted molar refractivity (Wildman–Crippen MR) is 95.8 cm³/mol. The van der Waals surface area contributed by atoms with E-state index in [1.807, 2.05) is 12.1 Å². The summed E-state index contributed by atoms with van der Waals surface area (Å²) in [4.78, 5) is 11.6. The Balaban J connectivity index is 2.21. The predicted octanol–water partition coefficient (Wildman–Crippen LogP) is 3.21. The molecule has 6 heteroatoms. The highest BCUT2D eigenvalue weighted by atomic mass is 32.2. The second-order valence-electron chi connectivity index (χ2n) is 5.85. The van der Waals surface area contributed by atoms with E-state index < -0.39 is 21.6 Å². The van der Waals surface area contributed by atoms with Gasteiger partial charge in [0.15, 0.2) is 5.60 Å². The van der Waals surface area contributed by atoms with E-state index in [0.717, 1.165) is 5.56 Å². The van der Waals surface area contributed by atoms with Gasteiger partial charge in [0.05, 0.1) is 4.90 Å². The maximum absolute atomic E-state index is 12.7. The molecule has 0 spiro atoms. The number of ether oxygens (including phenoxy) is 1. The molecule has 25 heavy (non-hydrogen) atoms. The van der Waals surface area contributed by atoms with Crippen molar-refractivity contribution in [1.29, 1.82) is 0 Å². The molecule has 5 nitrogen and oxygen atoms in total. The summed E-state index contributed by atoms with van der Waals surface area (Å²) in [6, 6.07) is 15.2. The molecule has 3 rings (SSSR count). The van der Waals surface area contributed by atoms with Gasteiger partial charge in [0.1, 0.15) is 5.71 Å². The molecule has 2 aromatic rings. The lowest BCUT2D eigenvalue weighted by molar-refractivity contribution is -0.146. The van der Waals surface area contributed by atoms with Crippen LogP contribution in [-0.4, -0.2) is 25.7 Å². The summed E-state index contributed by atoms with van der Waals surface area (Å²) < 4.78 is 34.9. The average molecular weight is 355 g/mol. The zero-order chi connectivity index (χ0) is 18.1. The lowest BCUT2D eigenvalue weighted by atomic mass is 9.85. The highest BCUT2D eigenvalue weighted by Crippen LogP contribution is 2.31. The molecule has 0 saturated heterocycles. The number of hydrogen-bond acceptors (Lipinski definition) is 4. The van der Waals surface area contributed by atoms with Crippen LogP contribution < -0.4 is 0 Å². The molecule has 2 aromatic carbocycles. The molecular weight excluding hydrogens is 338 g/mol. The van der Waals surface area contributed by atoms with Crippen LogP contribution in [0, 0.1) is 0 Å². The van der Waals surface area contributed by atoms with Gasteiger partial charge in [-0.2, -0.15) is 12.8 Å². The van der Waals surface area contributed by atoms with Crippen molar-refractivity contribution in [2.24, 2.45) is 4.40 Å². The number of benzene rings is 2. The number of nitrogens with zero attached hydrogens (tertiary/aromatic N) is 1. The summed E-state index contributed by atoms with van der Waals surface area (Å²) in [5.41, 5.74) is 0.356. The number of carbonyl (C=O) groups is 1. The van der Waals surface area contributed by atoms with E-state index in [0.29, 0.717) is 5.56 Å². The first-order valence-electron chi connectivity index (χ1n) is 7.70. The maximum atomic E-state index is 12.7. The third-order valence-corrected chi connectivity index (χ3v) is 5.17. The van der Waals surface area contributed by atoms with E-state index in [1.54, 1.807) is 49.4 Å². The van der Waals surface area contributed by atoms with Gasteiger partial charge in [-0.25, -0.2) is 0 Å². The van der Waals surface area contributed by atoms with Crippen molar-refractivity contribution in [3.05, 3.63) is 71.8 Å². The van der Waals surface area contributed by atoms with Crippen molar-refractivity contribution in [2.45, 2.75) is 24.3 Å². The highest BCUT2D eigenvalue weighted by molar-refractivity contribution is 7.90. The Morgan fingerprint density at radius 2 is 1.68 bits per heavy atom. The van der Waals surface area contributed by atoms with Crippen molar-refractivity contribution < 1.29 is 17.9 Å². The molecule has 0 amide bonds. The molecule has 0 saturated carbocycles. The normalized spacial score (nSPS) is 21.0. The van der Waals surface area contributed by atoms with Gasteiger partial charge in [-0.3, -0.25) is 4.79 Å². The van der Waals surface area contributed by atoms with Crippen LogP contribution in [0.3, 0.4) is 0 Å². The van der Waals surface area contributed by atoms with Gasteiger partial charge in [-0.15, -0.1) is 0 Å². The second kappa shape index (κ2) is 6.29. The van der Waals surface area contributed by atoms with E-state index in [4.69, 9.17) is 4.74 Å². The molecule has 0 bridgehead atoms. The van der Waals surface area contributed by atoms with E-state index in [9.17, 15) is 13.2 Å². The van der Waals surface area contributed by atoms with E-state index in [1.165, 1.54) is 19.1 Å². The van der Waals surface area contributed by atoms with Crippen LogP contribution in [0.2, 0.25) is 0 Å². The Labute approximate surface area is 146 Å². The Bertz CT molecular complexity index is 977. The largest absolute Gasteiger partial charge is 0.449 e. The number of hydrogen-bond donors (Lipinski definition) is 0. The van der Waals surface area contributed by atoms with Crippen LogP contribution in [0.5, 0.6) is 0 Å². The van der Waals surface area contributed by atoms with Crippen molar-refractivity contribution in [3.8, 4) is 0 Å². The van der Waals surface area contributed by atoms with Crippen molar-refractivity contribution in [3.63, 3.8) is 0 Å². The third-order valence-electron chi connectivity index (χ3n) is 3.88. The number of carbonyl (C=O) groups excluding carboxylic acids is 1. The molecule has 0 N–H and O–H groups in total. The minimum atomic E-state index is -3.95. The molecule has 0 aliphatic heterocycles. The van der Waals surface area contributed by atoms with Crippen LogP contribution >= 0.6 is 0 Å². The molecule has 0 aromatic heterocycles. The lowest BCUT2D eigenvalue weighted by Crippen LogP contribution is -2.41. The third kappa shape index (κ3) is 3.39. The quantitative estimate of drug-likeness (QED) is 0.793. The van der Waals surface area contributed by atoms with Gasteiger partial charge in [-0.1, -0.05) is 48.5 Å². The van der Waals surface area contributed by atoms with E-state index in [2.05, 4.69) is 4.40 Å². The van der Waals surface area contributed by atoms with Gasteiger partial charge in [0, 0.05) is 12.5 Å². The topological polar surface area (TPSA) is 72.8 Å². The average Bonchev–Trinajstić information content (AvgIpc) is 2.58. The number of rotatable bonds is 3. The summed E-state index contributed by atoms with van der Waals surface area (Å²) in [6.45, 7) is 2.91. The van der Waals surface area contributed by atoms with Gasteiger partial charge in [-0.05, 0) is 30.7 Å². The van der Waals surface area contributed by atoms with Crippen molar-refractivity contribution >= 4 is 27.8 Å². The summed E-state index contributed by atoms with van der Waals surface area (Å²) in [5, 5.41) is 0. The Morgan fingerprint density at radius 1 is 1.04 bits per heavy atom. The Kier molecular flexibility index (Phi) is 4.30. The fourth-order valence-electron chi connectivity index (χ4n) is 2.74. The lowest BCUT2D eigenvalue weighted by Gasteiger charge is -2.31. The summed E-state index contributed by atoms with van der Waals surface area (Å²) in [6.07, 6.45) is 3.45. The van der Waals surface area contributed by atoms with Gasteiger partial charge in [0.2, 0.25) is 0 Å². The highest BCUT2D eigenvalue weighted by Gasteiger charge is 2.37. The van der Waals surface area contributed by atoms with Gasteiger partial charge >= 0.3 is 5.97 Å². The molecule has 0 radical (unpaired) electrons. The number of esters is 1. The minimum Gasteiger partial charge on any atom is -0.449 e. The van der Waals surface area contributed by atoms with Crippen molar-refractivity contribution in [2.75, 3.05) is 0 Å². The van der Waals surface area contributed by atoms with Gasteiger partial charge in [0.25, 0.3) is 10.0 Å². The van der Waals surface area contributed by atoms with Crippen LogP contribution in [0.4, 0.5) is 0 Å². The summed E-state index contributed by atoms with van der Waals surface area (Å²) >= 11 is 0. The number of sulfonamides is 1. The SMILES string of the molecule is CC(=O)OC1(C)C=Cc2ccccc2/C1=N\S(=O)(=O)c1ccccc1. The van der Waals surface area contributed by atoms with E-state index >= 15 is 0 Å². The molecule has 0 fully saturated rings. The summed E-state index contributed by atoms with van der Waals surface area (Å²) in [7, 11) is -3.95. The monoisotopic (exact) mass is 355 g/mol. The minimum absolute atomic E-state index is 0.0831. The summed E-state index contributed by atoms with van der Waals surface area (Å²) in [5.74, 6) is -0.517. The van der Waals surface area contributed by atoms with E-state index in [-0.39, 0.29) is 10.6 Å². The van der Waals surface area contributed by atoms with Gasteiger partial charge < -0.3 is 4.74 Å². The molecule has 128 valence electrons. The Morgan fingerprint density at radius 3 is 2.36 bits per heavy atom. The van der Waals surface area contributed by atoms with Crippen LogP contribution in [-0.2, 0) is 19.6 Å². The maximum Gasteiger partial charge on any atom is 0.303 e. The smallest absolute Gasteiger partial charge is 0.303 e. The zero-order valence-electron chi connectivity index (χ0n) is 13.8. The number of fused-ring (bicyclic) bond motifs is 1. The zero-order valence-corrected chi connectivity index (χ0v) is 14.7. The molecule has 1 unspecified atom stereocenters. The molecule has 0 heterocycles. The van der Waals surface area contributed by atoms with Crippen LogP contribution in [0.15, 0.2) is 70.0 Å². The standard InChI is InChI=1S/C19H17NO4S/c1-14(21)24-19(2)13-12-15-8-6-7-11-17(15)18(19)20-25(22,23)16-9-4-3-5-10-16/h3-13H,1-2H3/b20-18+. The fourth-order valence-corrected chi connectivity index (χ4v) is 3.87. The molecule has 1 aliphatic rings. The second-order valence-corrected chi connectivity index (χ2v) is 7.45. The fraction of sp³-hybridized carbons (Fsp3) is 0.158. The van der Waals surface area contributed by atoms with Crippen LogP contribution in [0.25, 0.3) is 6.08 Å². The first kappa shape index (κ1) is 17.1. The molecular formula is C19H17NO4S. The van der Waals surface area contributed by atoms with Crippen LogP contribution in [0.1, 0.15) is 25.0 Å². The molecule has 1 aliphatic carbocycles. The molecule has 1 atom stereocenters. The Hall–Kier alpha value is -2.73.